The van der Waals surface area contributed by atoms with Crippen molar-refractivity contribution in [2.75, 3.05) is 6.61 Å². The molecular formula is C7H14O5. The molecule has 0 bridgehead atoms. The zero-order valence-electron chi connectivity index (χ0n) is 8.47. The standard InChI is InChI=1S/C7H14O5/c1-6(11,4-9)7(2,12)5(10)3-8/h3,5,9-12H,4H2,1-2H3/t5-,6+,7+/m0/s1/i1D,2D. The maximum Gasteiger partial charge on any atom is 0.151 e. The maximum absolute atomic E-state index is 10.2. The van der Waals surface area contributed by atoms with Gasteiger partial charge in [-0.05, 0) is 13.8 Å². The molecule has 0 amide bonds. The minimum absolute atomic E-state index is 0.0508. The predicted molar refractivity (Wildman–Crippen MR) is 40.4 cm³/mol. The fourth-order valence-electron chi connectivity index (χ4n) is 0.525. The molecule has 5 nitrogen and oxygen atoms in total. The Labute approximate surface area is 73.1 Å². The quantitative estimate of drug-likeness (QED) is 0.377. The molecule has 0 saturated heterocycles. The Balaban J connectivity index is 5.08. The van der Waals surface area contributed by atoms with Crippen molar-refractivity contribution in [2.24, 2.45) is 0 Å². The Hall–Kier alpha value is -0.490. The SMILES string of the molecule is [2H]C[C@@](O)(CO)[C@@](O)(C[2H])[C@@H](O)C=O. The van der Waals surface area contributed by atoms with Crippen molar-refractivity contribution in [3.63, 3.8) is 0 Å². The lowest BCUT2D eigenvalue weighted by atomic mass is 9.82. The first-order chi connectivity index (χ1) is 6.41. The lowest BCUT2D eigenvalue weighted by Crippen LogP contribution is -2.60. The first kappa shape index (κ1) is 8.12. The van der Waals surface area contributed by atoms with Crippen molar-refractivity contribution < 1.29 is 28.0 Å². The maximum atomic E-state index is 10.2. The summed E-state index contributed by atoms with van der Waals surface area (Å²) in [5, 5.41) is 37.0. The third-order valence-electron chi connectivity index (χ3n) is 1.69. The van der Waals surface area contributed by atoms with Crippen LogP contribution in [-0.4, -0.2) is 50.6 Å². The highest BCUT2D eigenvalue weighted by molar-refractivity contribution is 5.58. The van der Waals surface area contributed by atoms with Gasteiger partial charge in [-0.1, -0.05) is 0 Å². The fourth-order valence-corrected chi connectivity index (χ4v) is 0.525. The number of carbonyl (C=O) groups is 1. The van der Waals surface area contributed by atoms with Gasteiger partial charge < -0.3 is 25.2 Å². The summed E-state index contributed by atoms with van der Waals surface area (Å²) in [6, 6.07) is 0. The van der Waals surface area contributed by atoms with Crippen molar-refractivity contribution in [1.29, 1.82) is 0 Å². The van der Waals surface area contributed by atoms with Crippen LogP contribution in [0.1, 0.15) is 16.5 Å². The van der Waals surface area contributed by atoms with E-state index in [1.807, 2.05) is 0 Å². The number of aliphatic hydroxyl groups excluding tert-OH is 2. The molecule has 0 aromatic rings. The molecule has 0 rings (SSSR count). The Morgan fingerprint density at radius 1 is 1.58 bits per heavy atom. The van der Waals surface area contributed by atoms with Gasteiger partial charge in [0, 0.05) is 2.74 Å². The van der Waals surface area contributed by atoms with Crippen molar-refractivity contribution >= 4 is 6.29 Å². The Morgan fingerprint density at radius 2 is 2.17 bits per heavy atom. The lowest BCUT2D eigenvalue weighted by Gasteiger charge is -2.38. The van der Waals surface area contributed by atoms with Crippen LogP contribution in [-0.2, 0) is 4.79 Å². The monoisotopic (exact) mass is 180 g/mol. The van der Waals surface area contributed by atoms with Gasteiger partial charge in [-0.2, -0.15) is 0 Å². The average Bonchev–Trinajstić information content (AvgIpc) is 2.25. The van der Waals surface area contributed by atoms with E-state index in [1.54, 1.807) is 0 Å². The van der Waals surface area contributed by atoms with Gasteiger partial charge in [0.1, 0.15) is 17.3 Å². The van der Waals surface area contributed by atoms with Crippen molar-refractivity contribution in [3.05, 3.63) is 0 Å². The topological polar surface area (TPSA) is 98.0 Å². The van der Waals surface area contributed by atoms with Gasteiger partial charge in [-0.25, -0.2) is 0 Å². The molecule has 0 heterocycles. The third kappa shape index (κ3) is 1.81. The number of rotatable bonds is 4. The third-order valence-corrected chi connectivity index (χ3v) is 1.69. The average molecular weight is 180 g/mol. The molecule has 72 valence electrons. The molecule has 0 aliphatic heterocycles. The zero-order chi connectivity index (χ0) is 11.4. The summed E-state index contributed by atoms with van der Waals surface area (Å²) in [4.78, 5) is 10.2. The first-order valence-electron chi connectivity index (χ1n) is 4.60. The second-order valence-corrected chi connectivity index (χ2v) is 2.69. The van der Waals surface area contributed by atoms with Crippen molar-refractivity contribution in [1.82, 2.24) is 0 Å². The predicted octanol–water partition coefficient (Wildman–Crippen LogP) is -1.96. The van der Waals surface area contributed by atoms with E-state index in [1.165, 1.54) is 0 Å². The van der Waals surface area contributed by atoms with E-state index >= 15 is 0 Å². The van der Waals surface area contributed by atoms with Crippen molar-refractivity contribution in [3.8, 4) is 0 Å². The van der Waals surface area contributed by atoms with Gasteiger partial charge in [0.2, 0.25) is 0 Å². The zero-order valence-corrected chi connectivity index (χ0v) is 6.47. The van der Waals surface area contributed by atoms with Crippen molar-refractivity contribution in [2.45, 2.75) is 31.1 Å². The molecule has 4 N–H and O–H groups in total. The molecule has 0 aromatic carbocycles. The highest BCUT2D eigenvalue weighted by atomic mass is 16.4. The minimum Gasteiger partial charge on any atom is -0.393 e. The summed E-state index contributed by atoms with van der Waals surface area (Å²) in [5.41, 5.74) is -4.90. The van der Waals surface area contributed by atoms with Gasteiger partial charge >= 0.3 is 0 Å². The van der Waals surface area contributed by atoms with Gasteiger partial charge in [0.25, 0.3) is 0 Å². The Kier molecular flexibility index (Phi) is 2.36. The molecule has 12 heavy (non-hydrogen) atoms. The summed E-state index contributed by atoms with van der Waals surface area (Å²) in [6.45, 7) is -2.75. The molecule has 0 fully saturated rings. The number of hydrogen-bond donors (Lipinski definition) is 4. The molecule has 0 unspecified atom stereocenters. The normalized spacial score (nSPS) is 26.0. The highest BCUT2D eigenvalue weighted by Crippen LogP contribution is 2.24. The van der Waals surface area contributed by atoms with Gasteiger partial charge in [-0.3, -0.25) is 0 Å². The smallest absolute Gasteiger partial charge is 0.151 e. The van der Waals surface area contributed by atoms with Crippen LogP contribution in [0.4, 0.5) is 0 Å². The summed E-state index contributed by atoms with van der Waals surface area (Å²) >= 11 is 0. The summed E-state index contributed by atoms with van der Waals surface area (Å²) in [7, 11) is 0. The van der Waals surface area contributed by atoms with Crippen LogP contribution < -0.4 is 0 Å². The number of aldehydes is 1. The molecule has 0 aliphatic rings. The first-order valence-corrected chi connectivity index (χ1v) is 3.19. The Morgan fingerprint density at radius 3 is 2.42 bits per heavy atom. The Bertz CT molecular complexity index is 197. The molecule has 0 spiro atoms. The van der Waals surface area contributed by atoms with E-state index in [0.717, 1.165) is 0 Å². The largest absolute Gasteiger partial charge is 0.393 e. The van der Waals surface area contributed by atoms with E-state index < -0.39 is 37.7 Å². The highest BCUT2D eigenvalue weighted by Gasteiger charge is 2.46. The van der Waals surface area contributed by atoms with Crippen LogP contribution in [0.5, 0.6) is 0 Å². The molecular weight excluding hydrogens is 164 g/mol. The molecule has 0 aromatic heterocycles. The summed E-state index contributed by atoms with van der Waals surface area (Å²) < 4.78 is 13.8. The van der Waals surface area contributed by atoms with Crippen LogP contribution in [0, 0.1) is 0 Å². The van der Waals surface area contributed by atoms with Crippen LogP contribution in [0.25, 0.3) is 0 Å². The van der Waals surface area contributed by atoms with Crippen LogP contribution in [0.2, 0.25) is 0 Å². The number of carbonyl (C=O) groups excluding carboxylic acids is 1. The van der Waals surface area contributed by atoms with Gasteiger partial charge in [-0.15, -0.1) is 0 Å². The minimum atomic E-state index is -2.52. The van der Waals surface area contributed by atoms with E-state index in [0.29, 0.717) is 0 Å². The number of hydrogen-bond acceptors (Lipinski definition) is 5. The van der Waals surface area contributed by atoms with E-state index in [9.17, 15) is 15.0 Å². The van der Waals surface area contributed by atoms with Crippen LogP contribution in [0.15, 0.2) is 0 Å². The molecule has 5 heteroatoms. The summed E-state index contributed by atoms with van der Waals surface area (Å²) in [6.07, 6.45) is -2.06. The van der Waals surface area contributed by atoms with Gasteiger partial charge in [0.15, 0.2) is 6.29 Å². The van der Waals surface area contributed by atoms with E-state index in [4.69, 9.17) is 13.0 Å². The summed E-state index contributed by atoms with van der Waals surface area (Å²) in [5.74, 6) is 0. The fraction of sp³-hybridized carbons (Fsp3) is 0.857. The molecule has 0 saturated carbocycles. The van der Waals surface area contributed by atoms with Gasteiger partial charge in [0.05, 0.1) is 6.61 Å². The van der Waals surface area contributed by atoms with Crippen LogP contribution >= 0.6 is 0 Å². The van der Waals surface area contributed by atoms with Crippen LogP contribution in [0.3, 0.4) is 0 Å². The lowest BCUT2D eigenvalue weighted by molar-refractivity contribution is -0.195. The van der Waals surface area contributed by atoms with E-state index in [-0.39, 0.29) is 6.29 Å². The second kappa shape index (κ2) is 3.49. The number of aliphatic hydroxyl groups is 4. The molecule has 0 radical (unpaired) electrons. The molecule has 3 atom stereocenters. The second-order valence-electron chi connectivity index (χ2n) is 2.69. The molecule has 0 aliphatic carbocycles. The van der Waals surface area contributed by atoms with E-state index in [2.05, 4.69) is 0 Å².